The normalized spacial score (nSPS) is 17.8. The fourth-order valence-corrected chi connectivity index (χ4v) is 2.65. The van der Waals surface area contributed by atoms with Crippen molar-refractivity contribution in [1.29, 1.82) is 0 Å². The van der Waals surface area contributed by atoms with E-state index < -0.39 is 0 Å². The summed E-state index contributed by atoms with van der Waals surface area (Å²) in [5, 5.41) is 7.00. The van der Waals surface area contributed by atoms with Gasteiger partial charge in [0.2, 0.25) is 0 Å². The quantitative estimate of drug-likeness (QED) is 0.821. The highest BCUT2D eigenvalue weighted by atomic mass is 15.0. The summed E-state index contributed by atoms with van der Waals surface area (Å²) in [5.41, 5.74) is 5.44. The fourth-order valence-electron chi connectivity index (χ4n) is 2.65. The van der Waals surface area contributed by atoms with Crippen LogP contribution in [0.3, 0.4) is 0 Å². The van der Waals surface area contributed by atoms with Crippen LogP contribution < -0.4 is 10.6 Å². The van der Waals surface area contributed by atoms with Crippen molar-refractivity contribution >= 4 is 0 Å². The Morgan fingerprint density at radius 3 is 2.80 bits per heavy atom. The second kappa shape index (κ2) is 8.45. The minimum Gasteiger partial charge on any atom is -0.388 e. The molecule has 0 radical (unpaired) electrons. The second-order valence-electron chi connectivity index (χ2n) is 5.09. The first-order valence-electron chi connectivity index (χ1n) is 7.29. The molecule has 0 amide bonds. The molecule has 2 N–H and O–H groups in total. The van der Waals surface area contributed by atoms with Crippen LogP contribution in [0.2, 0.25) is 0 Å². The second-order valence-corrected chi connectivity index (χ2v) is 5.09. The van der Waals surface area contributed by atoms with Crippen LogP contribution in [0, 0.1) is 19.8 Å². The third-order valence-electron chi connectivity index (χ3n) is 3.86. The number of hydrogen-bond donors (Lipinski definition) is 2. The molecule has 0 bridgehead atoms. The molecule has 0 spiro atoms. The molecule has 1 fully saturated rings. The lowest BCUT2D eigenvalue weighted by molar-refractivity contribution is 0.445. The molecular formula is C18H26N2. The average molecular weight is 270 g/mol. The SMILES string of the molecule is C#C.C=C1NCCCC1NCc1c(C)cccc1CC. The zero-order valence-corrected chi connectivity index (χ0v) is 12.7. The van der Waals surface area contributed by atoms with Crippen molar-refractivity contribution in [3.8, 4) is 12.8 Å². The molecule has 0 saturated carbocycles. The van der Waals surface area contributed by atoms with Crippen molar-refractivity contribution in [2.75, 3.05) is 6.54 Å². The lowest BCUT2D eigenvalue weighted by Gasteiger charge is -2.27. The van der Waals surface area contributed by atoms with Gasteiger partial charge in [-0.2, -0.15) is 0 Å². The Bertz CT molecular complexity index is 460. The molecule has 1 aromatic carbocycles. The zero-order valence-electron chi connectivity index (χ0n) is 12.7. The number of benzene rings is 1. The summed E-state index contributed by atoms with van der Waals surface area (Å²) >= 11 is 0. The Balaban J connectivity index is 0.000000956. The van der Waals surface area contributed by atoms with Crippen molar-refractivity contribution < 1.29 is 0 Å². The first-order valence-corrected chi connectivity index (χ1v) is 7.29. The van der Waals surface area contributed by atoms with Crippen molar-refractivity contribution in [3.05, 3.63) is 47.2 Å². The molecule has 1 aliphatic rings. The van der Waals surface area contributed by atoms with Crippen LogP contribution >= 0.6 is 0 Å². The van der Waals surface area contributed by atoms with Gasteiger partial charge in [0.05, 0.1) is 0 Å². The Hall–Kier alpha value is -1.72. The Morgan fingerprint density at radius 2 is 2.15 bits per heavy atom. The van der Waals surface area contributed by atoms with E-state index in [0.717, 1.165) is 25.2 Å². The van der Waals surface area contributed by atoms with Gasteiger partial charge in [-0.05, 0) is 42.9 Å². The molecule has 2 rings (SSSR count). The number of rotatable bonds is 4. The summed E-state index contributed by atoms with van der Waals surface area (Å²) in [6, 6.07) is 7.00. The highest BCUT2D eigenvalue weighted by Crippen LogP contribution is 2.17. The topological polar surface area (TPSA) is 24.1 Å². The number of piperidine rings is 1. The maximum Gasteiger partial charge on any atom is 0.0466 e. The lowest BCUT2D eigenvalue weighted by atomic mass is 9.98. The van der Waals surface area contributed by atoms with Gasteiger partial charge >= 0.3 is 0 Å². The van der Waals surface area contributed by atoms with Crippen LogP contribution in [0.5, 0.6) is 0 Å². The predicted octanol–water partition coefficient (Wildman–Crippen LogP) is 3.16. The minimum atomic E-state index is 0.420. The molecule has 1 unspecified atom stereocenters. The largest absolute Gasteiger partial charge is 0.388 e. The first kappa shape index (κ1) is 16.3. The van der Waals surface area contributed by atoms with Crippen molar-refractivity contribution in [1.82, 2.24) is 10.6 Å². The van der Waals surface area contributed by atoms with Gasteiger partial charge in [-0.25, -0.2) is 0 Å². The number of nitrogens with one attached hydrogen (secondary N) is 2. The van der Waals surface area contributed by atoms with Crippen molar-refractivity contribution in [2.45, 2.75) is 45.7 Å². The summed E-state index contributed by atoms with van der Waals surface area (Å²) in [6.07, 6.45) is 11.5. The van der Waals surface area contributed by atoms with Gasteiger partial charge in [-0.1, -0.05) is 31.7 Å². The summed E-state index contributed by atoms with van der Waals surface area (Å²) in [5.74, 6) is 0. The molecule has 108 valence electrons. The summed E-state index contributed by atoms with van der Waals surface area (Å²) in [6.45, 7) is 10.5. The molecule has 2 heteroatoms. The highest BCUT2D eigenvalue weighted by Gasteiger charge is 2.16. The maximum atomic E-state index is 4.10. The summed E-state index contributed by atoms with van der Waals surface area (Å²) in [7, 11) is 0. The predicted molar refractivity (Wildman–Crippen MR) is 87.5 cm³/mol. The van der Waals surface area contributed by atoms with E-state index in [1.807, 2.05) is 0 Å². The molecular weight excluding hydrogens is 244 g/mol. The van der Waals surface area contributed by atoms with Crippen LogP contribution in [0.4, 0.5) is 0 Å². The van der Waals surface area contributed by atoms with Crippen LogP contribution in [0.1, 0.15) is 36.5 Å². The van der Waals surface area contributed by atoms with Crippen LogP contribution in [-0.4, -0.2) is 12.6 Å². The molecule has 20 heavy (non-hydrogen) atoms. The third-order valence-corrected chi connectivity index (χ3v) is 3.86. The van der Waals surface area contributed by atoms with Crippen molar-refractivity contribution in [3.63, 3.8) is 0 Å². The Kier molecular flexibility index (Phi) is 6.90. The summed E-state index contributed by atoms with van der Waals surface area (Å²) in [4.78, 5) is 0. The Morgan fingerprint density at radius 1 is 1.40 bits per heavy atom. The van der Waals surface area contributed by atoms with E-state index in [2.05, 4.69) is 62.1 Å². The van der Waals surface area contributed by atoms with Gasteiger partial charge < -0.3 is 10.6 Å². The van der Waals surface area contributed by atoms with E-state index in [4.69, 9.17) is 0 Å². The maximum absolute atomic E-state index is 4.10. The molecule has 2 nitrogen and oxygen atoms in total. The number of terminal acetylenes is 1. The Labute approximate surface area is 123 Å². The summed E-state index contributed by atoms with van der Waals surface area (Å²) < 4.78 is 0. The molecule has 1 heterocycles. The number of aryl methyl sites for hydroxylation is 2. The fraction of sp³-hybridized carbons (Fsp3) is 0.444. The van der Waals surface area contributed by atoms with E-state index in [1.165, 1.54) is 29.5 Å². The highest BCUT2D eigenvalue weighted by molar-refractivity contribution is 5.34. The molecule has 0 aliphatic carbocycles. The lowest BCUT2D eigenvalue weighted by Crippen LogP contribution is -2.40. The van der Waals surface area contributed by atoms with E-state index in [1.54, 1.807) is 0 Å². The van der Waals surface area contributed by atoms with Gasteiger partial charge in [-0.3, -0.25) is 0 Å². The molecule has 1 atom stereocenters. The zero-order chi connectivity index (χ0) is 15.0. The molecule has 0 aromatic heterocycles. The van der Waals surface area contributed by atoms with Gasteiger partial charge in [0.1, 0.15) is 0 Å². The molecule has 1 saturated heterocycles. The third kappa shape index (κ3) is 4.15. The van der Waals surface area contributed by atoms with Gasteiger partial charge in [0.25, 0.3) is 0 Å². The van der Waals surface area contributed by atoms with Gasteiger partial charge in [0, 0.05) is 24.8 Å². The average Bonchev–Trinajstić information content (AvgIpc) is 2.49. The standard InChI is InChI=1S/C16H24N2.C2H2/c1-4-14-8-5-7-12(2)15(14)11-18-16-9-6-10-17-13(16)3;1-2/h5,7-8,16-18H,3-4,6,9-11H2,1-2H3;1-2H. The monoisotopic (exact) mass is 270 g/mol. The van der Waals surface area contributed by atoms with Crippen LogP contribution in [0.15, 0.2) is 30.5 Å². The molecule has 1 aliphatic heterocycles. The minimum absolute atomic E-state index is 0.420. The van der Waals surface area contributed by atoms with E-state index in [9.17, 15) is 0 Å². The first-order chi connectivity index (χ1) is 9.72. The van der Waals surface area contributed by atoms with Crippen LogP contribution in [0.25, 0.3) is 0 Å². The van der Waals surface area contributed by atoms with Crippen LogP contribution in [-0.2, 0) is 13.0 Å². The van der Waals surface area contributed by atoms with Crippen molar-refractivity contribution in [2.24, 2.45) is 0 Å². The van der Waals surface area contributed by atoms with Gasteiger partial charge in [-0.15, -0.1) is 12.8 Å². The van der Waals surface area contributed by atoms with E-state index >= 15 is 0 Å². The molecule has 1 aromatic rings. The number of hydrogen-bond acceptors (Lipinski definition) is 2. The smallest absolute Gasteiger partial charge is 0.0466 e. The van der Waals surface area contributed by atoms with E-state index in [-0.39, 0.29) is 0 Å². The van der Waals surface area contributed by atoms with Gasteiger partial charge in [0.15, 0.2) is 0 Å². The van der Waals surface area contributed by atoms with E-state index in [0.29, 0.717) is 6.04 Å².